The minimum absolute atomic E-state index is 0.246. The molecular weight excluding hydrogens is 262 g/mol. The van der Waals surface area contributed by atoms with Crippen LogP contribution in [0.25, 0.3) is 0 Å². The molecule has 1 aliphatic rings. The van der Waals surface area contributed by atoms with Crippen LogP contribution >= 0.6 is 0 Å². The van der Waals surface area contributed by atoms with Gasteiger partial charge in [0.25, 0.3) is 0 Å². The Morgan fingerprint density at radius 3 is 2.15 bits per heavy atom. The third-order valence-electron chi connectivity index (χ3n) is 3.67. The molecule has 2 N–H and O–H groups in total. The number of amides is 1. The summed E-state index contributed by atoms with van der Waals surface area (Å²) < 4.78 is 5.32. The number of nitrogens with zero attached hydrogens (tertiary/aromatic N) is 1. The molecule has 0 aromatic carbocycles. The van der Waals surface area contributed by atoms with Crippen LogP contribution in [0.1, 0.15) is 53.4 Å². The minimum Gasteiger partial charge on any atom is -0.480 e. The van der Waals surface area contributed by atoms with Crippen molar-refractivity contribution in [3.63, 3.8) is 0 Å². The molecule has 6 heteroatoms. The number of aliphatic hydroxyl groups is 1. The van der Waals surface area contributed by atoms with E-state index in [1.807, 2.05) is 0 Å². The van der Waals surface area contributed by atoms with Gasteiger partial charge in [0.15, 0.2) is 0 Å². The molecule has 1 aliphatic carbocycles. The quantitative estimate of drug-likeness (QED) is 0.825. The van der Waals surface area contributed by atoms with E-state index in [0.29, 0.717) is 12.8 Å². The molecule has 1 fully saturated rings. The third kappa shape index (κ3) is 3.62. The van der Waals surface area contributed by atoms with Gasteiger partial charge >= 0.3 is 12.1 Å². The summed E-state index contributed by atoms with van der Waals surface area (Å²) in [6.07, 6.45) is 2.25. The fraction of sp³-hybridized carbons (Fsp3) is 0.857. The Hall–Kier alpha value is -1.30. The summed E-state index contributed by atoms with van der Waals surface area (Å²) in [4.78, 5) is 24.9. The lowest BCUT2D eigenvalue weighted by Crippen LogP contribution is -2.59. The fourth-order valence-electron chi connectivity index (χ4n) is 2.69. The van der Waals surface area contributed by atoms with Gasteiger partial charge in [0, 0.05) is 0 Å². The van der Waals surface area contributed by atoms with Gasteiger partial charge in [-0.05, 0) is 40.5 Å². The number of hydrogen-bond acceptors (Lipinski definition) is 4. The van der Waals surface area contributed by atoms with Crippen molar-refractivity contribution in [2.45, 2.75) is 70.6 Å². The molecule has 116 valence electrons. The van der Waals surface area contributed by atoms with Crippen molar-refractivity contribution in [3.8, 4) is 0 Å². The summed E-state index contributed by atoms with van der Waals surface area (Å²) in [6.45, 7) is 6.39. The van der Waals surface area contributed by atoms with E-state index in [-0.39, 0.29) is 6.61 Å². The summed E-state index contributed by atoms with van der Waals surface area (Å²) in [5.41, 5.74) is -1.52. The Balaban J connectivity index is 3.08. The Bertz CT molecular complexity index is 368. The molecule has 0 spiro atoms. The summed E-state index contributed by atoms with van der Waals surface area (Å²) in [5.74, 6) is -1.10. The lowest BCUT2D eigenvalue weighted by atomic mass is 9.94. The molecular formula is C14H25NO5. The molecule has 0 saturated heterocycles. The lowest BCUT2D eigenvalue weighted by Gasteiger charge is -2.42. The Kier molecular flexibility index (Phi) is 5.02. The van der Waals surface area contributed by atoms with Crippen LogP contribution in [0.5, 0.6) is 0 Å². The summed E-state index contributed by atoms with van der Waals surface area (Å²) in [5, 5.41) is 19.0. The predicted octanol–water partition coefficient (Wildman–Crippen LogP) is 2.00. The molecule has 1 rings (SSSR count). The highest BCUT2D eigenvalue weighted by atomic mass is 16.6. The zero-order valence-electron chi connectivity index (χ0n) is 12.7. The molecule has 0 radical (unpaired) electrons. The minimum atomic E-state index is -1.10. The normalized spacial score (nSPS) is 19.4. The topological polar surface area (TPSA) is 87.1 Å². The number of rotatable bonds is 4. The number of aliphatic carboxylic acids is 1. The van der Waals surface area contributed by atoms with Gasteiger partial charge in [-0.25, -0.2) is 9.59 Å². The molecule has 1 unspecified atom stereocenters. The van der Waals surface area contributed by atoms with E-state index >= 15 is 0 Å². The average molecular weight is 287 g/mol. The molecule has 0 aromatic rings. The van der Waals surface area contributed by atoms with Gasteiger partial charge in [-0.3, -0.25) is 4.90 Å². The van der Waals surface area contributed by atoms with Crippen LogP contribution in [0.3, 0.4) is 0 Å². The molecule has 1 atom stereocenters. The number of carbonyl (C=O) groups excluding carboxylic acids is 1. The molecule has 6 nitrogen and oxygen atoms in total. The van der Waals surface area contributed by atoms with Crippen LogP contribution in [-0.4, -0.2) is 51.0 Å². The highest BCUT2D eigenvalue weighted by molar-refractivity contribution is 5.80. The number of carbonyl (C=O) groups is 2. The highest BCUT2D eigenvalue weighted by Crippen LogP contribution is 2.37. The number of carboxylic acids is 1. The first-order valence-corrected chi connectivity index (χ1v) is 6.99. The van der Waals surface area contributed by atoms with Gasteiger partial charge in [-0.1, -0.05) is 12.8 Å². The van der Waals surface area contributed by atoms with Gasteiger partial charge < -0.3 is 14.9 Å². The van der Waals surface area contributed by atoms with Gasteiger partial charge in [-0.2, -0.15) is 0 Å². The van der Waals surface area contributed by atoms with Crippen LogP contribution < -0.4 is 0 Å². The van der Waals surface area contributed by atoms with Gasteiger partial charge in [0.05, 0.1) is 12.1 Å². The maximum Gasteiger partial charge on any atom is 0.411 e. The zero-order valence-corrected chi connectivity index (χ0v) is 12.7. The predicted molar refractivity (Wildman–Crippen MR) is 73.5 cm³/mol. The van der Waals surface area contributed by atoms with Crippen LogP contribution in [0, 0.1) is 0 Å². The van der Waals surface area contributed by atoms with E-state index < -0.39 is 29.2 Å². The molecule has 0 heterocycles. The fourth-order valence-corrected chi connectivity index (χ4v) is 2.69. The Labute approximate surface area is 119 Å². The van der Waals surface area contributed by atoms with E-state index in [1.54, 1.807) is 20.8 Å². The zero-order chi connectivity index (χ0) is 15.6. The maximum atomic E-state index is 12.4. The van der Waals surface area contributed by atoms with Gasteiger partial charge in [0.2, 0.25) is 0 Å². The number of ether oxygens (including phenoxy) is 1. The van der Waals surface area contributed by atoms with Crippen molar-refractivity contribution in [1.82, 2.24) is 4.90 Å². The first-order chi connectivity index (χ1) is 9.13. The molecule has 0 aliphatic heterocycles. The second-order valence-corrected chi connectivity index (χ2v) is 6.45. The van der Waals surface area contributed by atoms with Crippen molar-refractivity contribution in [1.29, 1.82) is 0 Å². The van der Waals surface area contributed by atoms with Crippen molar-refractivity contribution in [3.05, 3.63) is 0 Å². The van der Waals surface area contributed by atoms with Crippen LogP contribution in [-0.2, 0) is 9.53 Å². The summed E-state index contributed by atoms with van der Waals surface area (Å²) >= 11 is 0. The number of carboxylic acid groups (broad SMARTS) is 1. The van der Waals surface area contributed by atoms with Gasteiger partial charge in [0.1, 0.15) is 11.6 Å². The van der Waals surface area contributed by atoms with Crippen LogP contribution in [0.2, 0.25) is 0 Å². The standard InChI is InChI=1S/C14H25NO5/c1-10(11(17)18)15(12(19)20-13(2,3)4)14(9-16)7-5-6-8-14/h10,16H,5-9H2,1-4H3,(H,17,18). The SMILES string of the molecule is CC(C(=O)O)N(C(=O)OC(C)(C)C)C1(CO)CCCC1. The Morgan fingerprint density at radius 2 is 1.80 bits per heavy atom. The average Bonchev–Trinajstić information content (AvgIpc) is 2.76. The highest BCUT2D eigenvalue weighted by Gasteiger charge is 2.47. The first-order valence-electron chi connectivity index (χ1n) is 6.99. The van der Waals surface area contributed by atoms with E-state index in [4.69, 9.17) is 4.74 Å². The molecule has 1 saturated carbocycles. The van der Waals surface area contributed by atoms with E-state index in [9.17, 15) is 19.8 Å². The number of aliphatic hydroxyl groups excluding tert-OH is 1. The monoisotopic (exact) mass is 287 g/mol. The van der Waals surface area contributed by atoms with Crippen molar-refractivity contribution in [2.75, 3.05) is 6.61 Å². The van der Waals surface area contributed by atoms with Crippen molar-refractivity contribution in [2.24, 2.45) is 0 Å². The van der Waals surface area contributed by atoms with E-state index in [1.165, 1.54) is 11.8 Å². The molecule has 0 bridgehead atoms. The van der Waals surface area contributed by atoms with E-state index in [2.05, 4.69) is 0 Å². The largest absolute Gasteiger partial charge is 0.480 e. The van der Waals surface area contributed by atoms with E-state index in [0.717, 1.165) is 12.8 Å². The van der Waals surface area contributed by atoms with Gasteiger partial charge in [-0.15, -0.1) is 0 Å². The molecule has 0 aromatic heterocycles. The lowest BCUT2D eigenvalue weighted by molar-refractivity contribution is -0.146. The summed E-state index contributed by atoms with van der Waals surface area (Å²) in [6, 6.07) is -1.03. The second-order valence-electron chi connectivity index (χ2n) is 6.45. The Morgan fingerprint density at radius 1 is 1.30 bits per heavy atom. The number of hydrogen-bond donors (Lipinski definition) is 2. The smallest absolute Gasteiger partial charge is 0.411 e. The van der Waals surface area contributed by atoms with Crippen molar-refractivity contribution < 1.29 is 24.5 Å². The first kappa shape index (κ1) is 16.8. The molecule has 1 amide bonds. The maximum absolute atomic E-state index is 12.4. The third-order valence-corrected chi connectivity index (χ3v) is 3.67. The summed E-state index contributed by atoms with van der Waals surface area (Å²) in [7, 11) is 0. The van der Waals surface area contributed by atoms with Crippen LogP contribution in [0.4, 0.5) is 4.79 Å². The van der Waals surface area contributed by atoms with Crippen LogP contribution in [0.15, 0.2) is 0 Å². The van der Waals surface area contributed by atoms with Crippen molar-refractivity contribution >= 4 is 12.1 Å². The molecule has 20 heavy (non-hydrogen) atoms. The second kappa shape index (κ2) is 5.99.